The van der Waals surface area contributed by atoms with Gasteiger partial charge in [0.15, 0.2) is 0 Å². The van der Waals surface area contributed by atoms with Gasteiger partial charge in [-0.3, -0.25) is 14.6 Å². The van der Waals surface area contributed by atoms with Crippen LogP contribution in [0.25, 0.3) is 0 Å². The quantitative estimate of drug-likeness (QED) is 0.450. The predicted octanol–water partition coefficient (Wildman–Crippen LogP) is 4.94. The molecule has 12 heteroatoms. The molecular weight excluding hydrogens is 501 g/mol. The van der Waals surface area contributed by atoms with Crippen LogP contribution < -0.4 is 20.3 Å². The van der Waals surface area contributed by atoms with Crippen molar-refractivity contribution in [2.45, 2.75) is 25.2 Å². The van der Waals surface area contributed by atoms with Gasteiger partial charge in [0.1, 0.15) is 11.3 Å². The Hall–Kier alpha value is -4.12. The van der Waals surface area contributed by atoms with Gasteiger partial charge in [-0.2, -0.15) is 0 Å². The van der Waals surface area contributed by atoms with Crippen molar-refractivity contribution >= 4 is 40.8 Å². The number of halogens is 4. The first-order valence-corrected chi connectivity index (χ1v) is 10.9. The highest BCUT2D eigenvalue weighted by Gasteiger charge is 2.48. The number of amides is 4. The zero-order valence-electron chi connectivity index (χ0n) is 18.6. The molecule has 186 valence electrons. The number of hydrogen-bond acceptors (Lipinski definition) is 5. The van der Waals surface area contributed by atoms with E-state index in [1.807, 2.05) is 0 Å². The van der Waals surface area contributed by atoms with Crippen molar-refractivity contribution in [3.8, 4) is 5.75 Å². The Bertz CT molecular complexity index is 1330. The van der Waals surface area contributed by atoms with Crippen molar-refractivity contribution in [1.82, 2.24) is 10.3 Å². The first-order chi connectivity index (χ1) is 16.9. The normalized spacial score (nSPS) is 17.6. The molecule has 1 atom stereocenters. The number of nitrogens with zero attached hydrogens (tertiary/aromatic N) is 2. The molecule has 1 fully saturated rings. The summed E-state index contributed by atoms with van der Waals surface area (Å²) in [5.74, 6) is -1.56. The summed E-state index contributed by atoms with van der Waals surface area (Å²) < 4.78 is 41.1. The van der Waals surface area contributed by atoms with Crippen LogP contribution in [0.3, 0.4) is 0 Å². The smallest absolute Gasteiger partial charge is 0.406 e. The second-order valence-corrected chi connectivity index (χ2v) is 8.56. The zero-order chi connectivity index (χ0) is 26.1. The molecule has 0 aliphatic carbocycles. The second-order valence-electron chi connectivity index (χ2n) is 8.12. The molecule has 1 saturated heterocycles. The fraction of sp³-hybridized carbons (Fsp3) is 0.167. The van der Waals surface area contributed by atoms with Gasteiger partial charge in [-0.25, -0.2) is 9.69 Å². The van der Waals surface area contributed by atoms with Gasteiger partial charge in [-0.1, -0.05) is 17.7 Å². The van der Waals surface area contributed by atoms with Crippen LogP contribution in [0.2, 0.25) is 5.02 Å². The number of alkyl halides is 3. The predicted molar refractivity (Wildman–Crippen MR) is 125 cm³/mol. The van der Waals surface area contributed by atoms with E-state index in [0.717, 1.165) is 17.0 Å². The van der Waals surface area contributed by atoms with Crippen molar-refractivity contribution in [3.05, 3.63) is 83.1 Å². The number of anilines is 2. The lowest BCUT2D eigenvalue weighted by molar-refractivity contribution is -0.274. The molecule has 4 amide bonds. The van der Waals surface area contributed by atoms with Crippen LogP contribution >= 0.6 is 11.6 Å². The maximum atomic E-state index is 13.3. The maximum Gasteiger partial charge on any atom is 0.573 e. The number of imide groups is 1. The van der Waals surface area contributed by atoms with Crippen LogP contribution in [0.15, 0.2) is 67.0 Å². The number of rotatable bonds is 6. The zero-order valence-corrected chi connectivity index (χ0v) is 19.4. The number of hydrogen-bond donors (Lipinski definition) is 2. The van der Waals surface area contributed by atoms with Crippen LogP contribution in [0.4, 0.5) is 29.3 Å². The Balaban J connectivity index is 1.54. The summed E-state index contributed by atoms with van der Waals surface area (Å²) in [4.78, 5) is 43.5. The number of aromatic nitrogens is 1. The van der Waals surface area contributed by atoms with Crippen molar-refractivity contribution in [1.29, 1.82) is 0 Å². The highest BCUT2D eigenvalue weighted by molar-refractivity contribution is 6.31. The Morgan fingerprint density at radius 1 is 1.17 bits per heavy atom. The summed E-state index contributed by atoms with van der Waals surface area (Å²) >= 11 is 5.95. The van der Waals surface area contributed by atoms with Gasteiger partial charge in [0.2, 0.25) is 0 Å². The van der Waals surface area contributed by atoms with Crippen LogP contribution in [-0.2, 0) is 11.2 Å². The molecule has 8 nitrogen and oxygen atoms in total. The SMILES string of the molecule is CC1(Cc2ccncc2NC(=O)c2cccc(Cl)c2)NC(=O)N(c2ccc(OC(F)(F)F)cc2)C1=O. The fourth-order valence-electron chi connectivity index (χ4n) is 3.73. The van der Waals surface area contributed by atoms with E-state index in [4.69, 9.17) is 11.6 Å². The number of benzene rings is 2. The van der Waals surface area contributed by atoms with E-state index in [0.29, 0.717) is 21.8 Å². The van der Waals surface area contributed by atoms with E-state index in [9.17, 15) is 27.6 Å². The summed E-state index contributed by atoms with van der Waals surface area (Å²) in [6.45, 7) is 1.51. The van der Waals surface area contributed by atoms with Crippen LogP contribution in [0, 0.1) is 0 Å². The van der Waals surface area contributed by atoms with Crippen molar-refractivity contribution in [2.75, 3.05) is 10.2 Å². The van der Waals surface area contributed by atoms with E-state index in [1.54, 1.807) is 24.3 Å². The van der Waals surface area contributed by atoms with Crippen molar-refractivity contribution in [2.24, 2.45) is 0 Å². The largest absolute Gasteiger partial charge is 0.573 e. The number of carbonyl (C=O) groups is 3. The molecule has 0 spiro atoms. The standard InChI is InChI=1S/C24H18ClF3N4O4/c1-23(12-15-9-10-29-13-19(15)30-20(33)14-3-2-4-16(25)11-14)21(34)32(22(35)31-23)17-5-7-18(8-6-17)36-24(26,27)28/h2-11,13H,12H2,1H3,(H,30,33)(H,31,35). The first-order valence-electron chi connectivity index (χ1n) is 10.5. The fourth-order valence-corrected chi connectivity index (χ4v) is 3.92. The van der Waals surface area contributed by atoms with E-state index >= 15 is 0 Å². The highest BCUT2D eigenvalue weighted by atomic mass is 35.5. The molecule has 1 unspecified atom stereocenters. The van der Waals surface area contributed by atoms with Gasteiger partial charge in [-0.15, -0.1) is 13.2 Å². The van der Waals surface area contributed by atoms with Gasteiger partial charge < -0.3 is 15.4 Å². The summed E-state index contributed by atoms with van der Waals surface area (Å²) in [6.07, 6.45) is -1.98. The Labute approximate surface area is 208 Å². The summed E-state index contributed by atoms with van der Waals surface area (Å²) in [6, 6.07) is 11.6. The molecule has 3 aromatic rings. The van der Waals surface area contributed by atoms with Gasteiger partial charge in [0, 0.05) is 23.2 Å². The highest BCUT2D eigenvalue weighted by Crippen LogP contribution is 2.31. The molecule has 0 saturated carbocycles. The Morgan fingerprint density at radius 2 is 1.89 bits per heavy atom. The summed E-state index contributed by atoms with van der Waals surface area (Å²) in [7, 11) is 0. The van der Waals surface area contributed by atoms with Crippen LogP contribution in [0.5, 0.6) is 5.75 Å². The average molecular weight is 519 g/mol. The lowest BCUT2D eigenvalue weighted by Gasteiger charge is -2.23. The Kier molecular flexibility index (Phi) is 6.59. The van der Waals surface area contributed by atoms with Gasteiger partial charge in [0.25, 0.3) is 11.8 Å². The first kappa shape index (κ1) is 25.0. The third kappa shape index (κ3) is 5.41. The maximum absolute atomic E-state index is 13.3. The van der Waals surface area contributed by atoms with Crippen LogP contribution in [-0.4, -0.2) is 34.7 Å². The summed E-state index contributed by atoms with van der Waals surface area (Å²) in [5, 5.41) is 5.75. The number of urea groups is 1. The number of carbonyl (C=O) groups excluding carboxylic acids is 3. The third-order valence-corrected chi connectivity index (χ3v) is 5.62. The summed E-state index contributed by atoms with van der Waals surface area (Å²) in [5.41, 5.74) is -0.169. The topological polar surface area (TPSA) is 101 Å². The third-order valence-electron chi connectivity index (χ3n) is 5.38. The minimum Gasteiger partial charge on any atom is -0.406 e. The van der Waals surface area contributed by atoms with Gasteiger partial charge >= 0.3 is 12.4 Å². The molecule has 36 heavy (non-hydrogen) atoms. The van der Waals surface area contributed by atoms with Crippen molar-refractivity contribution < 1.29 is 32.3 Å². The molecule has 1 aliphatic rings. The minimum absolute atomic E-state index is 0.00296. The number of nitrogens with one attached hydrogen (secondary N) is 2. The van der Waals surface area contributed by atoms with Crippen LogP contribution in [0.1, 0.15) is 22.8 Å². The lowest BCUT2D eigenvalue weighted by atomic mass is 9.92. The molecule has 4 rings (SSSR count). The van der Waals surface area contributed by atoms with E-state index in [1.165, 1.54) is 37.5 Å². The molecule has 2 N–H and O–H groups in total. The van der Waals surface area contributed by atoms with Gasteiger partial charge in [-0.05, 0) is 61.0 Å². The average Bonchev–Trinajstić information content (AvgIpc) is 3.02. The Morgan fingerprint density at radius 3 is 2.56 bits per heavy atom. The van der Waals surface area contributed by atoms with Crippen molar-refractivity contribution in [3.63, 3.8) is 0 Å². The molecule has 1 aliphatic heterocycles. The monoisotopic (exact) mass is 518 g/mol. The molecular formula is C24H18ClF3N4O4. The number of pyridine rings is 1. The van der Waals surface area contributed by atoms with E-state index in [2.05, 4.69) is 20.4 Å². The molecule has 2 heterocycles. The lowest BCUT2D eigenvalue weighted by Crippen LogP contribution is -2.46. The van der Waals surface area contributed by atoms with E-state index in [-0.39, 0.29) is 12.1 Å². The molecule has 0 bridgehead atoms. The van der Waals surface area contributed by atoms with E-state index < -0.39 is 35.5 Å². The number of ether oxygens (including phenoxy) is 1. The minimum atomic E-state index is -4.87. The molecule has 1 aromatic heterocycles. The molecule has 0 radical (unpaired) electrons. The van der Waals surface area contributed by atoms with Gasteiger partial charge in [0.05, 0.1) is 17.6 Å². The molecule has 2 aromatic carbocycles. The second kappa shape index (κ2) is 9.50.